The van der Waals surface area contributed by atoms with Gasteiger partial charge < -0.3 is 15.1 Å². The molecule has 4 rings (SSSR count). The van der Waals surface area contributed by atoms with Crippen LogP contribution >= 0.6 is 0 Å². The maximum Gasteiger partial charge on any atom is 0.257 e. The molecule has 2 saturated heterocycles. The van der Waals surface area contributed by atoms with Gasteiger partial charge in [-0.15, -0.1) is 0 Å². The van der Waals surface area contributed by atoms with Gasteiger partial charge in [-0.3, -0.25) is 9.59 Å². The van der Waals surface area contributed by atoms with Crippen molar-refractivity contribution in [2.24, 2.45) is 11.3 Å². The maximum atomic E-state index is 13.4. The van der Waals surface area contributed by atoms with Crippen molar-refractivity contribution in [3.05, 3.63) is 18.0 Å². The van der Waals surface area contributed by atoms with Crippen LogP contribution in [0, 0.1) is 11.3 Å². The Labute approximate surface area is 166 Å². The van der Waals surface area contributed by atoms with E-state index in [4.69, 9.17) is 0 Å². The molecule has 0 aromatic carbocycles. The van der Waals surface area contributed by atoms with E-state index in [9.17, 15) is 9.59 Å². The van der Waals surface area contributed by atoms with Crippen LogP contribution in [0.4, 0.5) is 5.95 Å². The first-order valence-electron chi connectivity index (χ1n) is 10.7. The summed E-state index contributed by atoms with van der Waals surface area (Å²) in [6, 6.07) is 0. The molecule has 1 aromatic rings. The van der Waals surface area contributed by atoms with E-state index in [0.717, 1.165) is 32.4 Å². The van der Waals surface area contributed by atoms with Crippen molar-refractivity contribution < 1.29 is 9.59 Å². The highest BCUT2D eigenvalue weighted by molar-refractivity contribution is 5.95. The highest BCUT2D eigenvalue weighted by Gasteiger charge is 2.49. The molecule has 1 aliphatic carbocycles. The fourth-order valence-corrected chi connectivity index (χ4v) is 5.18. The molecule has 152 valence electrons. The molecule has 2 aliphatic heterocycles. The number of rotatable bonds is 4. The summed E-state index contributed by atoms with van der Waals surface area (Å²) in [5.74, 6) is 1.36. The fraction of sp³-hybridized carbons (Fsp3) is 0.714. The van der Waals surface area contributed by atoms with Crippen LogP contribution in [-0.2, 0) is 4.79 Å². The van der Waals surface area contributed by atoms with Gasteiger partial charge in [0.2, 0.25) is 11.9 Å². The summed E-state index contributed by atoms with van der Waals surface area (Å²) in [4.78, 5) is 38.5. The molecule has 1 atom stereocenters. The number of hydrogen-bond donors (Lipinski definition) is 1. The zero-order valence-electron chi connectivity index (χ0n) is 16.8. The summed E-state index contributed by atoms with van der Waals surface area (Å²) in [6.45, 7) is 2.95. The smallest absolute Gasteiger partial charge is 0.257 e. The number of nitrogens with zero attached hydrogens (tertiary/aromatic N) is 4. The van der Waals surface area contributed by atoms with Crippen molar-refractivity contribution in [2.75, 3.05) is 38.5 Å². The number of piperidine rings is 1. The maximum absolute atomic E-state index is 13.4. The first-order valence-corrected chi connectivity index (χ1v) is 10.7. The van der Waals surface area contributed by atoms with Crippen molar-refractivity contribution in [3.63, 3.8) is 0 Å². The van der Waals surface area contributed by atoms with E-state index in [0.29, 0.717) is 30.5 Å². The zero-order chi connectivity index (χ0) is 19.6. The third-order valence-electron chi connectivity index (χ3n) is 6.79. The molecule has 0 bridgehead atoms. The molecule has 2 amide bonds. The van der Waals surface area contributed by atoms with Gasteiger partial charge in [0.05, 0.1) is 11.0 Å². The van der Waals surface area contributed by atoms with Crippen LogP contribution in [0.5, 0.6) is 0 Å². The van der Waals surface area contributed by atoms with Gasteiger partial charge in [0, 0.05) is 45.6 Å². The summed E-state index contributed by atoms with van der Waals surface area (Å²) >= 11 is 0. The lowest BCUT2D eigenvalue weighted by molar-refractivity contribution is -0.146. The Morgan fingerprint density at radius 1 is 1.14 bits per heavy atom. The average Bonchev–Trinajstić information content (AvgIpc) is 3.17. The first kappa shape index (κ1) is 19.2. The number of amides is 2. The Morgan fingerprint density at radius 2 is 1.89 bits per heavy atom. The average molecular weight is 386 g/mol. The molecule has 3 heterocycles. The van der Waals surface area contributed by atoms with Crippen LogP contribution < -0.4 is 5.32 Å². The zero-order valence-corrected chi connectivity index (χ0v) is 16.8. The molecule has 1 aromatic heterocycles. The van der Waals surface area contributed by atoms with Crippen molar-refractivity contribution in [1.82, 2.24) is 19.8 Å². The van der Waals surface area contributed by atoms with Gasteiger partial charge >= 0.3 is 0 Å². The van der Waals surface area contributed by atoms with E-state index in [1.165, 1.54) is 32.1 Å². The van der Waals surface area contributed by atoms with Gasteiger partial charge in [-0.25, -0.2) is 9.97 Å². The number of nitrogens with one attached hydrogen (secondary N) is 1. The highest BCUT2D eigenvalue weighted by Crippen LogP contribution is 2.41. The predicted octanol–water partition coefficient (Wildman–Crippen LogP) is 2.55. The number of anilines is 1. The number of aromatic nitrogens is 2. The molecule has 0 unspecified atom stereocenters. The van der Waals surface area contributed by atoms with E-state index < -0.39 is 0 Å². The largest absolute Gasteiger partial charge is 0.357 e. The number of likely N-dealkylation sites (tertiary alicyclic amines) is 2. The quantitative estimate of drug-likeness (QED) is 0.862. The van der Waals surface area contributed by atoms with E-state index in [1.54, 1.807) is 19.4 Å². The van der Waals surface area contributed by atoms with Crippen molar-refractivity contribution in [1.29, 1.82) is 0 Å². The molecule has 28 heavy (non-hydrogen) atoms. The molecule has 1 saturated carbocycles. The molecule has 3 fully saturated rings. The second kappa shape index (κ2) is 8.05. The van der Waals surface area contributed by atoms with E-state index in [-0.39, 0.29) is 17.2 Å². The van der Waals surface area contributed by atoms with Crippen molar-refractivity contribution >= 4 is 17.8 Å². The van der Waals surface area contributed by atoms with E-state index >= 15 is 0 Å². The lowest BCUT2D eigenvalue weighted by Crippen LogP contribution is -2.51. The van der Waals surface area contributed by atoms with E-state index in [2.05, 4.69) is 20.2 Å². The minimum absolute atomic E-state index is 0.0725. The molecule has 1 N–H and O–H groups in total. The molecule has 1 spiro atoms. The van der Waals surface area contributed by atoms with Gasteiger partial charge in [0.15, 0.2) is 0 Å². The minimum Gasteiger partial charge on any atom is -0.357 e. The standard InChI is InChI=1S/C21H31N5O2/c1-22-20-23-12-17(13-24-20)18(27)26-11-9-21(15-26)8-5-10-25(19(21)28)14-16-6-3-2-4-7-16/h12-13,16H,2-11,14-15H2,1H3,(H,22,23,24)/t21-/m0/s1. The number of hydrogen-bond acceptors (Lipinski definition) is 5. The van der Waals surface area contributed by atoms with Gasteiger partial charge in [0.1, 0.15) is 0 Å². The van der Waals surface area contributed by atoms with Gasteiger partial charge in [-0.2, -0.15) is 0 Å². The Hall–Kier alpha value is -2.18. The molecule has 3 aliphatic rings. The first-order chi connectivity index (χ1) is 13.6. The summed E-state index contributed by atoms with van der Waals surface area (Å²) in [7, 11) is 1.74. The van der Waals surface area contributed by atoms with Crippen LogP contribution in [0.2, 0.25) is 0 Å². The number of carbonyl (C=O) groups excluding carboxylic acids is 2. The summed E-state index contributed by atoms with van der Waals surface area (Å²) in [5.41, 5.74) is 0.104. The lowest BCUT2D eigenvalue weighted by atomic mass is 9.77. The summed E-state index contributed by atoms with van der Waals surface area (Å²) in [6.07, 6.45) is 12.3. The van der Waals surface area contributed by atoms with Gasteiger partial charge in [0.25, 0.3) is 5.91 Å². The molecular formula is C21H31N5O2. The summed E-state index contributed by atoms with van der Waals surface area (Å²) < 4.78 is 0. The predicted molar refractivity (Wildman–Crippen MR) is 107 cm³/mol. The third kappa shape index (κ3) is 3.71. The van der Waals surface area contributed by atoms with Gasteiger partial charge in [-0.1, -0.05) is 19.3 Å². The van der Waals surface area contributed by atoms with Crippen LogP contribution in [0.3, 0.4) is 0 Å². The molecule has 0 radical (unpaired) electrons. The Bertz CT molecular complexity index is 716. The van der Waals surface area contributed by atoms with Crippen LogP contribution in [-0.4, -0.2) is 64.8 Å². The lowest BCUT2D eigenvalue weighted by Gasteiger charge is -2.41. The minimum atomic E-state index is -0.381. The monoisotopic (exact) mass is 385 g/mol. The molecule has 7 nitrogen and oxygen atoms in total. The highest BCUT2D eigenvalue weighted by atomic mass is 16.2. The van der Waals surface area contributed by atoms with Crippen LogP contribution in [0.25, 0.3) is 0 Å². The second-order valence-corrected chi connectivity index (χ2v) is 8.66. The van der Waals surface area contributed by atoms with Crippen LogP contribution in [0.1, 0.15) is 61.7 Å². The Balaban J connectivity index is 1.41. The Kier molecular flexibility index (Phi) is 5.51. The van der Waals surface area contributed by atoms with Crippen LogP contribution in [0.15, 0.2) is 12.4 Å². The van der Waals surface area contributed by atoms with Gasteiger partial charge in [-0.05, 0) is 38.0 Å². The molecule has 7 heteroatoms. The van der Waals surface area contributed by atoms with Crippen molar-refractivity contribution in [3.8, 4) is 0 Å². The van der Waals surface area contributed by atoms with E-state index in [1.807, 2.05) is 4.90 Å². The third-order valence-corrected chi connectivity index (χ3v) is 6.79. The summed E-state index contributed by atoms with van der Waals surface area (Å²) in [5, 5.41) is 2.86. The topological polar surface area (TPSA) is 78.4 Å². The molecular weight excluding hydrogens is 354 g/mol. The van der Waals surface area contributed by atoms with Crippen molar-refractivity contribution in [2.45, 2.75) is 51.4 Å². The second-order valence-electron chi connectivity index (χ2n) is 8.66. The number of carbonyl (C=O) groups is 2. The Morgan fingerprint density at radius 3 is 2.61 bits per heavy atom. The normalized spacial score (nSPS) is 26.1. The SMILES string of the molecule is CNc1ncc(C(=O)N2CC[C@@]3(CCCN(CC4CCCCC4)C3=O)C2)cn1. The fourth-order valence-electron chi connectivity index (χ4n) is 5.18.